The topological polar surface area (TPSA) is 130 Å². The van der Waals surface area contributed by atoms with Gasteiger partial charge in [0.15, 0.2) is 11.6 Å². The quantitative estimate of drug-likeness (QED) is 0.397. The number of hydrogen-bond donors (Lipinski definition) is 2. The molecule has 2 aliphatic heterocycles. The van der Waals surface area contributed by atoms with Gasteiger partial charge >= 0.3 is 0 Å². The number of Topliss-reactive ketones (excluding diaryl/α,β-unsaturated/α-hetero) is 2. The number of nitrogens with one attached hydrogen (secondary N) is 2. The summed E-state index contributed by atoms with van der Waals surface area (Å²) >= 11 is 0. The molecule has 2 aromatic rings. The molecule has 5 rings (SSSR count). The van der Waals surface area contributed by atoms with E-state index >= 15 is 0 Å². The molecule has 0 bridgehead atoms. The first kappa shape index (κ1) is 22.4. The Morgan fingerprint density at radius 2 is 1.57 bits per heavy atom. The molecule has 35 heavy (non-hydrogen) atoms. The number of carbonyl (C=O) groups is 6. The Labute approximate surface area is 200 Å². The predicted molar refractivity (Wildman–Crippen MR) is 123 cm³/mol. The zero-order chi connectivity index (χ0) is 24.7. The lowest BCUT2D eigenvalue weighted by atomic mass is 9.80. The molecular weight excluding hydrogens is 450 g/mol. The van der Waals surface area contributed by atoms with E-state index in [1.807, 2.05) is 30.3 Å². The van der Waals surface area contributed by atoms with E-state index in [1.54, 1.807) is 12.1 Å². The van der Waals surface area contributed by atoms with Crippen molar-refractivity contribution in [1.29, 1.82) is 0 Å². The molecule has 2 N–H and O–H groups in total. The minimum atomic E-state index is -1.08. The molecule has 176 valence electrons. The van der Waals surface area contributed by atoms with Gasteiger partial charge in [0.25, 0.3) is 11.8 Å². The van der Waals surface area contributed by atoms with E-state index < -0.39 is 29.7 Å². The maximum Gasteiger partial charge on any atom is 0.264 e. The van der Waals surface area contributed by atoms with Crippen molar-refractivity contribution >= 4 is 40.9 Å². The highest BCUT2D eigenvalue weighted by molar-refractivity contribution is 6.26. The molecule has 9 heteroatoms. The lowest BCUT2D eigenvalue weighted by Crippen LogP contribution is -2.54. The average molecular weight is 471 g/mol. The van der Waals surface area contributed by atoms with Gasteiger partial charge in [-0.2, -0.15) is 0 Å². The third kappa shape index (κ3) is 3.95. The predicted octanol–water partition coefficient (Wildman–Crippen LogP) is 2.10. The first-order chi connectivity index (χ1) is 16.8. The van der Waals surface area contributed by atoms with Crippen molar-refractivity contribution in [2.24, 2.45) is 0 Å². The van der Waals surface area contributed by atoms with Crippen LogP contribution in [0.2, 0.25) is 0 Å². The van der Waals surface area contributed by atoms with Gasteiger partial charge in [0, 0.05) is 25.5 Å². The lowest BCUT2D eigenvalue weighted by Gasteiger charge is -2.27. The van der Waals surface area contributed by atoms with Crippen LogP contribution < -0.4 is 10.6 Å². The Morgan fingerprint density at radius 3 is 2.26 bits per heavy atom. The largest absolute Gasteiger partial charge is 0.360 e. The monoisotopic (exact) mass is 471 g/mol. The Balaban J connectivity index is 1.38. The van der Waals surface area contributed by atoms with Crippen molar-refractivity contribution in [3.8, 4) is 0 Å². The zero-order valence-corrected chi connectivity index (χ0v) is 18.6. The van der Waals surface area contributed by atoms with E-state index in [-0.39, 0.29) is 65.6 Å². The Morgan fingerprint density at radius 1 is 0.857 bits per heavy atom. The molecule has 1 unspecified atom stereocenters. The minimum Gasteiger partial charge on any atom is -0.360 e. The highest BCUT2D eigenvalue weighted by Crippen LogP contribution is 2.34. The summed E-state index contributed by atoms with van der Waals surface area (Å²) in [7, 11) is 0. The summed E-state index contributed by atoms with van der Waals surface area (Å²) in [6.45, 7) is 0. The molecule has 2 heterocycles. The maximum absolute atomic E-state index is 13.2. The van der Waals surface area contributed by atoms with Gasteiger partial charge in [-0.15, -0.1) is 0 Å². The number of piperidine rings is 1. The Kier molecular flexibility index (Phi) is 5.60. The van der Waals surface area contributed by atoms with Crippen LogP contribution >= 0.6 is 0 Å². The first-order valence-corrected chi connectivity index (χ1v) is 11.3. The van der Waals surface area contributed by atoms with Crippen molar-refractivity contribution in [1.82, 2.24) is 10.2 Å². The third-order valence-electron chi connectivity index (χ3n) is 6.58. The number of allylic oxidation sites excluding steroid dienone is 1. The van der Waals surface area contributed by atoms with Crippen LogP contribution in [0.3, 0.4) is 0 Å². The van der Waals surface area contributed by atoms with Crippen molar-refractivity contribution in [3.05, 3.63) is 77.0 Å². The molecule has 0 spiro atoms. The van der Waals surface area contributed by atoms with Gasteiger partial charge in [0.2, 0.25) is 11.8 Å². The molecule has 0 radical (unpaired) electrons. The first-order valence-electron chi connectivity index (χ1n) is 11.3. The van der Waals surface area contributed by atoms with Gasteiger partial charge in [0.05, 0.1) is 22.4 Å². The fourth-order valence-corrected chi connectivity index (χ4v) is 4.80. The number of fused-ring (bicyclic) bond motifs is 1. The van der Waals surface area contributed by atoms with E-state index in [2.05, 4.69) is 10.6 Å². The van der Waals surface area contributed by atoms with Crippen molar-refractivity contribution in [2.75, 3.05) is 5.32 Å². The van der Waals surface area contributed by atoms with Crippen LogP contribution in [0.15, 0.2) is 60.3 Å². The number of imide groups is 2. The van der Waals surface area contributed by atoms with Crippen LogP contribution in [0.4, 0.5) is 5.69 Å². The number of ketones is 2. The third-order valence-corrected chi connectivity index (χ3v) is 6.58. The van der Waals surface area contributed by atoms with Crippen LogP contribution in [0, 0.1) is 0 Å². The second kappa shape index (κ2) is 8.75. The van der Waals surface area contributed by atoms with E-state index in [9.17, 15) is 28.8 Å². The number of rotatable bonds is 4. The summed E-state index contributed by atoms with van der Waals surface area (Å²) in [5.41, 5.74) is 1.34. The number of carbonyl (C=O) groups excluding carboxylic acids is 6. The number of amides is 4. The molecule has 1 saturated carbocycles. The second-order valence-electron chi connectivity index (χ2n) is 8.74. The molecule has 1 aliphatic carbocycles. The van der Waals surface area contributed by atoms with Crippen molar-refractivity contribution in [2.45, 2.75) is 37.6 Å². The Bertz CT molecular complexity index is 1310. The lowest BCUT2D eigenvalue weighted by molar-refractivity contribution is -0.136. The molecule has 2 aromatic carbocycles. The van der Waals surface area contributed by atoms with Gasteiger partial charge < -0.3 is 5.32 Å². The summed E-state index contributed by atoms with van der Waals surface area (Å²) < 4.78 is 0. The summed E-state index contributed by atoms with van der Waals surface area (Å²) in [5.74, 6) is -3.24. The van der Waals surface area contributed by atoms with Crippen LogP contribution in [-0.4, -0.2) is 46.1 Å². The summed E-state index contributed by atoms with van der Waals surface area (Å²) in [5, 5.41) is 5.02. The van der Waals surface area contributed by atoms with Gasteiger partial charge in [-0.05, 0) is 30.0 Å². The molecular formula is C26H21N3O6. The van der Waals surface area contributed by atoms with Crippen LogP contribution in [0.25, 0.3) is 0 Å². The molecule has 0 aromatic heterocycles. The fourth-order valence-electron chi connectivity index (χ4n) is 4.80. The molecule has 1 atom stereocenters. The van der Waals surface area contributed by atoms with E-state index in [4.69, 9.17) is 0 Å². The number of hydrogen-bond acceptors (Lipinski definition) is 7. The van der Waals surface area contributed by atoms with E-state index in [0.29, 0.717) is 0 Å². The molecule has 9 nitrogen and oxygen atoms in total. The number of anilines is 1. The van der Waals surface area contributed by atoms with Gasteiger partial charge in [-0.1, -0.05) is 36.4 Å². The standard InChI is InChI=1S/C26H21N3O6/c30-20-11-15(14-5-2-1-3-6-14)12-21(31)17(20)13-27-18-8-4-7-16-23(18)26(35)29(25(16)34)19-9-10-22(32)28-24(19)33/h1-8,13,15,19,27H,9-12H2,(H,28,32,33). The average Bonchev–Trinajstić information content (AvgIpc) is 3.09. The molecule has 3 aliphatic rings. The number of benzene rings is 2. The van der Waals surface area contributed by atoms with Crippen molar-refractivity contribution < 1.29 is 28.8 Å². The van der Waals surface area contributed by atoms with Crippen LogP contribution in [0.1, 0.15) is 57.9 Å². The van der Waals surface area contributed by atoms with Gasteiger partial charge in [-0.25, -0.2) is 0 Å². The van der Waals surface area contributed by atoms with Crippen molar-refractivity contribution in [3.63, 3.8) is 0 Å². The highest BCUT2D eigenvalue weighted by atomic mass is 16.2. The summed E-state index contributed by atoms with van der Waals surface area (Å²) in [6, 6.07) is 12.9. The molecule has 4 amide bonds. The fraction of sp³-hybridized carbons (Fsp3) is 0.231. The smallest absolute Gasteiger partial charge is 0.264 e. The van der Waals surface area contributed by atoms with Crippen LogP contribution in [-0.2, 0) is 19.2 Å². The number of nitrogens with zero attached hydrogens (tertiary/aromatic N) is 1. The molecule has 2 fully saturated rings. The SMILES string of the molecule is O=C1CCC(N2C(=O)c3cccc(NC=C4C(=O)CC(c5ccccc5)CC4=O)c3C2=O)C(=O)N1. The normalized spacial score (nSPS) is 22.3. The maximum atomic E-state index is 13.2. The van der Waals surface area contributed by atoms with Gasteiger partial charge in [0.1, 0.15) is 6.04 Å². The minimum absolute atomic E-state index is 0.00795. The highest BCUT2D eigenvalue weighted by Gasteiger charge is 2.45. The second-order valence-corrected chi connectivity index (χ2v) is 8.74. The van der Waals surface area contributed by atoms with E-state index in [1.165, 1.54) is 12.3 Å². The van der Waals surface area contributed by atoms with Crippen LogP contribution in [0.5, 0.6) is 0 Å². The van der Waals surface area contributed by atoms with E-state index in [0.717, 1.165) is 10.5 Å². The summed E-state index contributed by atoms with van der Waals surface area (Å²) in [6.07, 6.45) is 1.74. The Hall–Kier alpha value is -4.40. The van der Waals surface area contributed by atoms with Gasteiger partial charge in [-0.3, -0.25) is 39.0 Å². The molecule has 1 saturated heterocycles. The summed E-state index contributed by atoms with van der Waals surface area (Å²) in [4.78, 5) is 76.2. The zero-order valence-electron chi connectivity index (χ0n) is 18.6.